The molecule has 2 heterocycles. The molecule has 0 radical (unpaired) electrons. The van der Waals surface area contributed by atoms with Crippen molar-refractivity contribution in [1.29, 1.82) is 0 Å². The number of nitrogens with zero attached hydrogens (tertiary/aromatic N) is 2. The SMILES string of the molecule is CC(=O)N1CC[C@]2(CCCN(Cc3cccc(C)c3)C2=O)C1. The fourth-order valence-electron chi connectivity index (χ4n) is 3.85. The lowest BCUT2D eigenvalue weighted by atomic mass is 9.78. The summed E-state index contributed by atoms with van der Waals surface area (Å²) in [5.41, 5.74) is 2.08. The first kappa shape index (κ1) is 15.1. The van der Waals surface area contributed by atoms with Gasteiger partial charge in [0.15, 0.2) is 0 Å². The van der Waals surface area contributed by atoms with Gasteiger partial charge in [-0.3, -0.25) is 9.59 Å². The van der Waals surface area contributed by atoms with E-state index >= 15 is 0 Å². The van der Waals surface area contributed by atoms with Crippen molar-refractivity contribution in [1.82, 2.24) is 9.80 Å². The number of hydrogen-bond donors (Lipinski definition) is 0. The molecular formula is C18H24N2O2. The van der Waals surface area contributed by atoms with Crippen molar-refractivity contribution in [3.8, 4) is 0 Å². The second-order valence-corrected chi connectivity index (χ2v) is 6.79. The van der Waals surface area contributed by atoms with Crippen LogP contribution in [0.25, 0.3) is 0 Å². The van der Waals surface area contributed by atoms with E-state index in [9.17, 15) is 9.59 Å². The summed E-state index contributed by atoms with van der Waals surface area (Å²) in [5.74, 6) is 0.324. The van der Waals surface area contributed by atoms with Gasteiger partial charge in [-0.05, 0) is 31.7 Å². The van der Waals surface area contributed by atoms with Crippen LogP contribution >= 0.6 is 0 Å². The van der Waals surface area contributed by atoms with E-state index < -0.39 is 0 Å². The van der Waals surface area contributed by atoms with Crippen molar-refractivity contribution in [2.24, 2.45) is 5.41 Å². The molecule has 0 aromatic heterocycles. The summed E-state index contributed by atoms with van der Waals surface area (Å²) in [7, 11) is 0. The lowest BCUT2D eigenvalue weighted by Crippen LogP contribution is -2.49. The van der Waals surface area contributed by atoms with Gasteiger partial charge in [-0.15, -0.1) is 0 Å². The minimum atomic E-state index is -0.326. The maximum absolute atomic E-state index is 13.0. The lowest BCUT2D eigenvalue weighted by Gasteiger charge is -2.39. The molecule has 1 aromatic rings. The second-order valence-electron chi connectivity index (χ2n) is 6.79. The number of aryl methyl sites for hydroxylation is 1. The average Bonchev–Trinajstić information content (AvgIpc) is 2.90. The standard InChI is InChI=1S/C18H24N2O2/c1-14-5-3-6-16(11-14)12-19-9-4-7-18(17(19)22)8-10-20(13-18)15(2)21/h3,5-6,11H,4,7-10,12-13H2,1-2H3/t18-/m1/s1. The predicted octanol–water partition coefficient (Wildman–Crippen LogP) is 2.36. The van der Waals surface area contributed by atoms with Crippen molar-refractivity contribution in [2.75, 3.05) is 19.6 Å². The van der Waals surface area contributed by atoms with E-state index in [2.05, 4.69) is 25.1 Å². The van der Waals surface area contributed by atoms with Crippen LogP contribution in [-0.4, -0.2) is 41.2 Å². The fraction of sp³-hybridized carbons (Fsp3) is 0.556. The number of hydrogen-bond acceptors (Lipinski definition) is 2. The zero-order valence-electron chi connectivity index (χ0n) is 13.5. The van der Waals surface area contributed by atoms with E-state index in [4.69, 9.17) is 0 Å². The molecule has 2 fully saturated rings. The normalized spacial score (nSPS) is 25.1. The minimum Gasteiger partial charge on any atom is -0.342 e. The third kappa shape index (κ3) is 2.74. The van der Waals surface area contributed by atoms with Crippen LogP contribution < -0.4 is 0 Å². The van der Waals surface area contributed by atoms with Gasteiger partial charge in [-0.1, -0.05) is 29.8 Å². The molecule has 0 bridgehead atoms. The number of likely N-dealkylation sites (tertiary alicyclic amines) is 2. The zero-order chi connectivity index (χ0) is 15.7. The fourth-order valence-corrected chi connectivity index (χ4v) is 3.85. The number of carbonyl (C=O) groups excluding carboxylic acids is 2. The van der Waals surface area contributed by atoms with E-state index in [0.717, 1.165) is 32.4 Å². The van der Waals surface area contributed by atoms with Crippen molar-refractivity contribution >= 4 is 11.8 Å². The van der Waals surface area contributed by atoms with Crippen molar-refractivity contribution in [2.45, 2.75) is 39.7 Å². The van der Waals surface area contributed by atoms with Gasteiger partial charge < -0.3 is 9.80 Å². The smallest absolute Gasteiger partial charge is 0.230 e. The van der Waals surface area contributed by atoms with E-state index in [-0.39, 0.29) is 17.2 Å². The molecule has 2 saturated heterocycles. The Balaban J connectivity index is 1.75. The lowest BCUT2D eigenvalue weighted by molar-refractivity contribution is -0.146. The van der Waals surface area contributed by atoms with Crippen LogP contribution in [0.4, 0.5) is 0 Å². The Morgan fingerprint density at radius 2 is 2.09 bits per heavy atom. The number of amides is 2. The number of rotatable bonds is 2. The van der Waals surface area contributed by atoms with Crippen LogP contribution in [0.1, 0.15) is 37.3 Å². The van der Waals surface area contributed by atoms with Gasteiger partial charge in [-0.2, -0.15) is 0 Å². The van der Waals surface area contributed by atoms with Gasteiger partial charge in [-0.25, -0.2) is 0 Å². The average molecular weight is 300 g/mol. The summed E-state index contributed by atoms with van der Waals surface area (Å²) in [6.07, 6.45) is 2.76. The first-order chi connectivity index (χ1) is 10.5. The van der Waals surface area contributed by atoms with Gasteiger partial charge in [0.05, 0.1) is 5.41 Å². The molecule has 2 aliphatic heterocycles. The zero-order valence-corrected chi connectivity index (χ0v) is 13.5. The largest absolute Gasteiger partial charge is 0.342 e. The molecule has 0 saturated carbocycles. The molecule has 0 unspecified atom stereocenters. The molecule has 3 rings (SSSR count). The summed E-state index contributed by atoms with van der Waals surface area (Å²) >= 11 is 0. The van der Waals surface area contributed by atoms with Crippen molar-refractivity contribution in [3.63, 3.8) is 0 Å². The molecule has 0 N–H and O–H groups in total. The van der Waals surface area contributed by atoms with Gasteiger partial charge in [0.2, 0.25) is 11.8 Å². The van der Waals surface area contributed by atoms with Crippen LogP contribution in [0.5, 0.6) is 0 Å². The quantitative estimate of drug-likeness (QED) is 0.841. The molecule has 0 aliphatic carbocycles. The van der Waals surface area contributed by atoms with Crippen LogP contribution in [0.2, 0.25) is 0 Å². The molecule has 1 spiro atoms. The summed E-state index contributed by atoms with van der Waals surface area (Å²) in [6, 6.07) is 8.34. The summed E-state index contributed by atoms with van der Waals surface area (Å²) in [5, 5.41) is 0. The highest BCUT2D eigenvalue weighted by Crippen LogP contribution is 2.40. The Hall–Kier alpha value is -1.84. The molecule has 4 nitrogen and oxygen atoms in total. The van der Waals surface area contributed by atoms with E-state index in [0.29, 0.717) is 13.1 Å². The highest BCUT2D eigenvalue weighted by atomic mass is 16.2. The number of piperidine rings is 1. The predicted molar refractivity (Wildman–Crippen MR) is 85.1 cm³/mol. The Bertz CT molecular complexity index is 599. The Morgan fingerprint density at radius 1 is 1.27 bits per heavy atom. The molecule has 22 heavy (non-hydrogen) atoms. The third-order valence-corrected chi connectivity index (χ3v) is 5.08. The highest BCUT2D eigenvalue weighted by Gasteiger charge is 2.48. The molecule has 2 amide bonds. The third-order valence-electron chi connectivity index (χ3n) is 5.08. The Kier molecular flexibility index (Phi) is 3.94. The van der Waals surface area contributed by atoms with Gasteiger partial charge in [0.25, 0.3) is 0 Å². The van der Waals surface area contributed by atoms with Crippen LogP contribution in [0, 0.1) is 12.3 Å². The Morgan fingerprint density at radius 3 is 2.77 bits per heavy atom. The molecule has 1 atom stereocenters. The Labute approximate surface area is 132 Å². The van der Waals surface area contributed by atoms with E-state index in [1.165, 1.54) is 11.1 Å². The number of benzene rings is 1. The second kappa shape index (κ2) is 5.75. The molecule has 1 aromatic carbocycles. The van der Waals surface area contributed by atoms with Gasteiger partial charge >= 0.3 is 0 Å². The summed E-state index contributed by atoms with van der Waals surface area (Å²) in [4.78, 5) is 28.4. The maximum Gasteiger partial charge on any atom is 0.230 e. The minimum absolute atomic E-state index is 0.0838. The first-order valence-corrected chi connectivity index (χ1v) is 8.11. The van der Waals surface area contributed by atoms with Crippen molar-refractivity contribution < 1.29 is 9.59 Å². The summed E-state index contributed by atoms with van der Waals surface area (Å²) < 4.78 is 0. The van der Waals surface area contributed by atoms with Crippen molar-refractivity contribution in [3.05, 3.63) is 35.4 Å². The first-order valence-electron chi connectivity index (χ1n) is 8.11. The summed E-state index contributed by atoms with van der Waals surface area (Å²) in [6.45, 7) is 6.50. The van der Waals surface area contributed by atoms with E-state index in [1.807, 2.05) is 15.9 Å². The van der Waals surface area contributed by atoms with Crippen LogP contribution in [0.15, 0.2) is 24.3 Å². The van der Waals surface area contributed by atoms with Crippen LogP contribution in [0.3, 0.4) is 0 Å². The maximum atomic E-state index is 13.0. The molecule has 2 aliphatic rings. The monoisotopic (exact) mass is 300 g/mol. The van der Waals surface area contributed by atoms with Gasteiger partial charge in [0.1, 0.15) is 0 Å². The molecular weight excluding hydrogens is 276 g/mol. The van der Waals surface area contributed by atoms with Gasteiger partial charge in [0, 0.05) is 33.1 Å². The van der Waals surface area contributed by atoms with E-state index in [1.54, 1.807) is 6.92 Å². The topological polar surface area (TPSA) is 40.6 Å². The number of carbonyl (C=O) groups is 2. The molecule has 118 valence electrons. The van der Waals surface area contributed by atoms with Crippen LogP contribution in [-0.2, 0) is 16.1 Å². The molecule has 4 heteroatoms. The highest BCUT2D eigenvalue weighted by molar-refractivity contribution is 5.85.